The number of piperidine rings is 1. The molecule has 1 fully saturated rings. The van der Waals surface area contributed by atoms with Gasteiger partial charge < -0.3 is 15.5 Å². The first-order chi connectivity index (χ1) is 10.7. The number of halogens is 2. The molecule has 0 saturated carbocycles. The van der Waals surface area contributed by atoms with E-state index < -0.39 is 0 Å². The molecule has 0 aromatic heterocycles. The van der Waals surface area contributed by atoms with Crippen LogP contribution < -0.4 is 15.5 Å². The van der Waals surface area contributed by atoms with Crippen molar-refractivity contribution in [2.75, 3.05) is 31.1 Å². The Morgan fingerprint density at radius 3 is 2.46 bits per heavy atom. The van der Waals surface area contributed by atoms with Crippen molar-refractivity contribution in [3.63, 3.8) is 0 Å². The molecular formula is C18H31Cl2N3O. The Balaban J connectivity index is 0.00000264. The Morgan fingerprint density at radius 2 is 1.92 bits per heavy atom. The highest BCUT2D eigenvalue weighted by Crippen LogP contribution is 2.16. The van der Waals surface area contributed by atoms with Crippen LogP contribution in [0, 0.1) is 5.92 Å². The molecule has 2 atom stereocenters. The smallest absolute Gasteiger partial charge is 0.251 e. The first kappa shape index (κ1) is 23.0. The van der Waals surface area contributed by atoms with Crippen LogP contribution in [0.1, 0.15) is 44.0 Å². The molecular weight excluding hydrogens is 345 g/mol. The average Bonchev–Trinajstić information content (AvgIpc) is 2.55. The number of nitrogens with one attached hydrogen (secondary N) is 2. The summed E-state index contributed by atoms with van der Waals surface area (Å²) in [6.07, 6.45) is 2.13. The van der Waals surface area contributed by atoms with Gasteiger partial charge in [-0.15, -0.1) is 24.8 Å². The Hall–Kier alpha value is -0.970. The van der Waals surface area contributed by atoms with Gasteiger partial charge in [-0.25, -0.2) is 0 Å². The molecule has 4 nitrogen and oxygen atoms in total. The largest absolute Gasteiger partial charge is 0.372 e. The minimum absolute atomic E-state index is 0. The lowest BCUT2D eigenvalue weighted by Gasteiger charge is -2.30. The van der Waals surface area contributed by atoms with Gasteiger partial charge in [0, 0.05) is 30.4 Å². The maximum Gasteiger partial charge on any atom is 0.251 e. The van der Waals surface area contributed by atoms with Crippen LogP contribution >= 0.6 is 24.8 Å². The van der Waals surface area contributed by atoms with Gasteiger partial charge in [0.05, 0.1) is 0 Å². The molecule has 24 heavy (non-hydrogen) atoms. The second-order valence-electron chi connectivity index (χ2n) is 6.18. The van der Waals surface area contributed by atoms with Gasteiger partial charge in [-0.1, -0.05) is 13.8 Å². The predicted molar refractivity (Wildman–Crippen MR) is 107 cm³/mol. The van der Waals surface area contributed by atoms with Gasteiger partial charge in [-0.3, -0.25) is 4.79 Å². The molecule has 2 N–H and O–H groups in total. The molecule has 0 spiro atoms. The van der Waals surface area contributed by atoms with E-state index >= 15 is 0 Å². The molecule has 1 saturated heterocycles. The van der Waals surface area contributed by atoms with Gasteiger partial charge in [0.25, 0.3) is 5.91 Å². The normalized spacial score (nSPS) is 19.6. The lowest BCUT2D eigenvalue weighted by atomic mass is 9.95. The summed E-state index contributed by atoms with van der Waals surface area (Å²) in [5.74, 6) is 0.529. The molecule has 138 valence electrons. The number of hydrogen-bond donors (Lipinski definition) is 2. The zero-order valence-corrected chi connectivity index (χ0v) is 16.5. The van der Waals surface area contributed by atoms with Crippen LogP contribution in [0.5, 0.6) is 0 Å². The molecule has 1 aromatic rings. The summed E-state index contributed by atoms with van der Waals surface area (Å²) >= 11 is 0. The lowest BCUT2D eigenvalue weighted by molar-refractivity contribution is 0.0914. The number of amides is 1. The van der Waals surface area contributed by atoms with E-state index in [0.29, 0.717) is 5.92 Å². The average molecular weight is 376 g/mol. The first-order valence-electron chi connectivity index (χ1n) is 8.52. The third-order valence-corrected chi connectivity index (χ3v) is 4.47. The fourth-order valence-corrected chi connectivity index (χ4v) is 3.04. The first-order valence-corrected chi connectivity index (χ1v) is 8.52. The van der Waals surface area contributed by atoms with Crippen molar-refractivity contribution in [3.8, 4) is 0 Å². The number of carbonyl (C=O) groups is 1. The molecule has 0 radical (unpaired) electrons. The van der Waals surface area contributed by atoms with Crippen molar-refractivity contribution in [1.82, 2.24) is 10.6 Å². The van der Waals surface area contributed by atoms with E-state index in [9.17, 15) is 4.79 Å². The minimum atomic E-state index is 0. The van der Waals surface area contributed by atoms with E-state index in [1.165, 1.54) is 5.69 Å². The number of nitrogens with zero attached hydrogens (tertiary/aromatic N) is 1. The molecule has 2 unspecified atom stereocenters. The van der Waals surface area contributed by atoms with E-state index in [0.717, 1.165) is 44.6 Å². The predicted octanol–water partition coefficient (Wildman–Crippen LogP) is 3.49. The van der Waals surface area contributed by atoms with Gasteiger partial charge in [0.1, 0.15) is 0 Å². The Labute approximate surface area is 158 Å². The fraction of sp³-hybridized carbons (Fsp3) is 0.611. The summed E-state index contributed by atoms with van der Waals surface area (Å²) in [5, 5.41) is 6.54. The highest BCUT2D eigenvalue weighted by molar-refractivity contribution is 5.94. The third kappa shape index (κ3) is 6.15. The zero-order valence-electron chi connectivity index (χ0n) is 14.9. The SMILES string of the molecule is CCCN(CC)c1ccc(C(=O)NC2CCNCC2C)cc1.Cl.Cl. The van der Waals surface area contributed by atoms with Crippen LogP contribution in [0.2, 0.25) is 0 Å². The zero-order chi connectivity index (χ0) is 15.9. The van der Waals surface area contributed by atoms with E-state index in [-0.39, 0.29) is 36.8 Å². The Kier molecular flexibility index (Phi) is 11.1. The number of benzene rings is 1. The van der Waals surface area contributed by atoms with Gasteiger partial charge in [-0.05, 0) is 63.0 Å². The second-order valence-corrected chi connectivity index (χ2v) is 6.18. The van der Waals surface area contributed by atoms with E-state index in [1.807, 2.05) is 12.1 Å². The molecule has 0 bridgehead atoms. The lowest BCUT2D eigenvalue weighted by Crippen LogP contribution is -2.48. The van der Waals surface area contributed by atoms with E-state index in [1.54, 1.807) is 0 Å². The van der Waals surface area contributed by atoms with Crippen molar-refractivity contribution in [2.45, 2.75) is 39.7 Å². The van der Waals surface area contributed by atoms with Gasteiger partial charge >= 0.3 is 0 Å². The summed E-state index contributed by atoms with van der Waals surface area (Å²) in [6, 6.07) is 8.27. The van der Waals surface area contributed by atoms with Crippen molar-refractivity contribution < 1.29 is 4.79 Å². The third-order valence-electron chi connectivity index (χ3n) is 4.47. The summed E-state index contributed by atoms with van der Waals surface area (Å²) in [7, 11) is 0. The topological polar surface area (TPSA) is 44.4 Å². The molecule has 1 aromatic carbocycles. The number of carbonyl (C=O) groups excluding carboxylic acids is 1. The number of rotatable bonds is 6. The minimum Gasteiger partial charge on any atom is -0.372 e. The Bertz CT molecular complexity index is 482. The van der Waals surface area contributed by atoms with Crippen LogP contribution in [-0.2, 0) is 0 Å². The van der Waals surface area contributed by atoms with E-state index in [2.05, 4.69) is 48.4 Å². The molecule has 2 rings (SSSR count). The molecule has 1 heterocycles. The number of hydrogen-bond acceptors (Lipinski definition) is 3. The molecule has 0 aliphatic carbocycles. The maximum atomic E-state index is 12.4. The van der Waals surface area contributed by atoms with Crippen LogP contribution in [0.15, 0.2) is 24.3 Å². The number of anilines is 1. The van der Waals surface area contributed by atoms with Crippen LogP contribution in [-0.4, -0.2) is 38.1 Å². The van der Waals surface area contributed by atoms with Gasteiger partial charge in [0.15, 0.2) is 0 Å². The van der Waals surface area contributed by atoms with Crippen molar-refractivity contribution >= 4 is 36.4 Å². The molecule has 1 amide bonds. The van der Waals surface area contributed by atoms with Crippen LogP contribution in [0.25, 0.3) is 0 Å². The standard InChI is InChI=1S/C18H29N3O.2ClH/c1-4-12-21(5-2)16-8-6-15(7-9-16)18(22)20-17-10-11-19-13-14(17)3;;/h6-9,14,17,19H,4-5,10-13H2,1-3H3,(H,20,22);2*1H. The quantitative estimate of drug-likeness (QED) is 0.799. The summed E-state index contributed by atoms with van der Waals surface area (Å²) in [6.45, 7) is 10.5. The van der Waals surface area contributed by atoms with Crippen molar-refractivity contribution in [3.05, 3.63) is 29.8 Å². The summed E-state index contributed by atoms with van der Waals surface area (Å²) < 4.78 is 0. The van der Waals surface area contributed by atoms with Crippen LogP contribution in [0.3, 0.4) is 0 Å². The van der Waals surface area contributed by atoms with Gasteiger partial charge in [0.2, 0.25) is 0 Å². The molecule has 6 heteroatoms. The fourth-order valence-electron chi connectivity index (χ4n) is 3.04. The maximum absolute atomic E-state index is 12.4. The molecule has 1 aliphatic rings. The summed E-state index contributed by atoms with van der Waals surface area (Å²) in [4.78, 5) is 14.7. The van der Waals surface area contributed by atoms with Crippen molar-refractivity contribution in [1.29, 1.82) is 0 Å². The van der Waals surface area contributed by atoms with E-state index in [4.69, 9.17) is 0 Å². The Morgan fingerprint density at radius 1 is 1.25 bits per heavy atom. The molecule has 1 aliphatic heterocycles. The second kappa shape index (κ2) is 11.6. The monoisotopic (exact) mass is 375 g/mol. The summed E-state index contributed by atoms with van der Waals surface area (Å²) in [5.41, 5.74) is 1.94. The van der Waals surface area contributed by atoms with Crippen LogP contribution in [0.4, 0.5) is 5.69 Å². The highest BCUT2D eigenvalue weighted by Gasteiger charge is 2.23. The van der Waals surface area contributed by atoms with Crippen molar-refractivity contribution in [2.24, 2.45) is 5.92 Å². The van der Waals surface area contributed by atoms with Gasteiger partial charge in [-0.2, -0.15) is 0 Å². The highest BCUT2D eigenvalue weighted by atomic mass is 35.5.